The fraction of sp³-hybridized carbons (Fsp3) is 0.512. The Kier molecular flexibility index (Phi) is 22.6. The lowest BCUT2D eigenvalue weighted by Crippen LogP contribution is -2.58. The van der Waals surface area contributed by atoms with E-state index in [1.54, 1.807) is 19.3 Å². The van der Waals surface area contributed by atoms with Crippen molar-refractivity contribution in [2.75, 3.05) is 20.7 Å². The maximum atomic E-state index is 13.8. The number of benzene rings is 1. The van der Waals surface area contributed by atoms with E-state index in [1.807, 2.05) is 50.3 Å². The summed E-state index contributed by atoms with van der Waals surface area (Å²) in [4.78, 5) is 93.7. The third-order valence-corrected chi connectivity index (χ3v) is 9.82. The second-order valence-electron chi connectivity index (χ2n) is 14.5. The molecule has 0 fully saturated rings. The molecule has 0 aromatic heterocycles. The number of nitrogens with zero attached hydrogens (tertiary/aromatic N) is 2. The highest BCUT2D eigenvalue weighted by Crippen LogP contribution is 2.18. The van der Waals surface area contributed by atoms with Crippen molar-refractivity contribution in [3.63, 3.8) is 0 Å². The summed E-state index contributed by atoms with van der Waals surface area (Å²) in [5.41, 5.74) is 18.9. The number of ether oxygens (including phenoxy) is 1. The van der Waals surface area contributed by atoms with Crippen molar-refractivity contribution in [2.45, 2.75) is 96.1 Å². The van der Waals surface area contributed by atoms with Crippen LogP contribution in [0.15, 0.2) is 71.8 Å². The minimum absolute atomic E-state index is 0.0325. The van der Waals surface area contributed by atoms with E-state index in [4.69, 9.17) is 21.9 Å². The zero-order valence-corrected chi connectivity index (χ0v) is 35.1. The number of carboxylic acid groups (broad SMARTS) is 3. The van der Waals surface area contributed by atoms with E-state index >= 15 is 0 Å². The van der Waals surface area contributed by atoms with Gasteiger partial charge < -0.3 is 58.1 Å². The van der Waals surface area contributed by atoms with Gasteiger partial charge in [-0.25, -0.2) is 9.59 Å². The minimum atomic E-state index is -1.89. The van der Waals surface area contributed by atoms with Crippen LogP contribution in [0, 0.1) is 17.8 Å². The van der Waals surface area contributed by atoms with Crippen molar-refractivity contribution < 1.29 is 53.6 Å². The molecule has 12 N–H and O–H groups in total. The summed E-state index contributed by atoms with van der Waals surface area (Å²) in [6.45, 7) is 10.2. The number of carbonyl (C=O) groups is 7. The summed E-state index contributed by atoms with van der Waals surface area (Å²) in [7, 11) is 2.82. The number of nitrogens with one attached hydrogen (secondary N) is 3. The van der Waals surface area contributed by atoms with Gasteiger partial charge in [-0.05, 0) is 38.2 Å². The predicted molar refractivity (Wildman–Crippen MR) is 224 cm³/mol. The Labute approximate surface area is 350 Å². The number of hydrogen-bond donors (Lipinski definition) is 9. The smallest absolute Gasteiger partial charge is 0.327 e. The lowest BCUT2D eigenvalue weighted by Gasteiger charge is -2.31. The third kappa shape index (κ3) is 17.8. The Balaban J connectivity index is 3.10. The molecule has 332 valence electrons. The van der Waals surface area contributed by atoms with Crippen molar-refractivity contribution in [3.05, 3.63) is 72.4 Å². The van der Waals surface area contributed by atoms with Gasteiger partial charge in [0.25, 0.3) is 0 Å². The average molecular weight is 843 g/mol. The first-order chi connectivity index (χ1) is 28.1. The van der Waals surface area contributed by atoms with Crippen LogP contribution in [0.5, 0.6) is 0 Å². The maximum Gasteiger partial charge on any atom is 0.327 e. The van der Waals surface area contributed by atoms with Gasteiger partial charge in [0.2, 0.25) is 23.6 Å². The molecule has 0 heterocycles. The number of carboxylic acids is 3. The zero-order valence-electron chi connectivity index (χ0n) is 35.1. The van der Waals surface area contributed by atoms with Crippen LogP contribution in [0.25, 0.3) is 0 Å². The molecule has 0 bridgehead atoms. The van der Waals surface area contributed by atoms with Gasteiger partial charge >= 0.3 is 17.9 Å². The molecule has 19 heteroatoms. The lowest BCUT2D eigenvalue weighted by molar-refractivity contribution is -0.148. The van der Waals surface area contributed by atoms with Crippen molar-refractivity contribution in [3.8, 4) is 0 Å². The number of carbonyl (C=O) groups excluding carboxylic acids is 4. The minimum Gasteiger partial charge on any atom is -0.481 e. The molecule has 1 rings (SSSR count). The number of allylic oxidation sites excluding steroid dienone is 2. The zero-order chi connectivity index (χ0) is 45.7. The fourth-order valence-electron chi connectivity index (χ4n) is 6.02. The molecule has 1 aromatic rings. The summed E-state index contributed by atoms with van der Waals surface area (Å²) >= 11 is 0. The van der Waals surface area contributed by atoms with Crippen molar-refractivity contribution in [2.24, 2.45) is 39.9 Å². The van der Waals surface area contributed by atoms with E-state index in [-0.39, 0.29) is 43.8 Å². The number of methoxy groups -OCH3 is 1. The van der Waals surface area contributed by atoms with Crippen LogP contribution < -0.4 is 33.2 Å². The highest BCUT2D eigenvalue weighted by molar-refractivity contribution is 5.96. The predicted octanol–water partition coefficient (Wildman–Crippen LogP) is 0.537. The van der Waals surface area contributed by atoms with Gasteiger partial charge in [-0.1, -0.05) is 81.0 Å². The second-order valence-corrected chi connectivity index (χ2v) is 14.5. The Morgan fingerprint density at radius 1 is 0.883 bits per heavy atom. The number of rotatable bonds is 27. The van der Waals surface area contributed by atoms with Crippen molar-refractivity contribution in [1.29, 1.82) is 0 Å². The van der Waals surface area contributed by atoms with Crippen LogP contribution in [0.1, 0.15) is 58.9 Å². The molecule has 60 heavy (non-hydrogen) atoms. The van der Waals surface area contributed by atoms with Gasteiger partial charge in [0.1, 0.15) is 24.2 Å². The molecule has 0 saturated carbocycles. The summed E-state index contributed by atoms with van der Waals surface area (Å²) in [6.07, 6.45) is 6.23. The average Bonchev–Trinajstić information content (AvgIpc) is 3.19. The molecule has 4 amide bonds. The van der Waals surface area contributed by atoms with E-state index in [9.17, 15) is 48.9 Å². The molecular formula is C41H62N8O11. The number of aliphatic imine (C=N–C) groups is 1. The molecule has 0 aliphatic heterocycles. The number of hydrogen-bond acceptors (Lipinski definition) is 10. The van der Waals surface area contributed by atoms with E-state index in [0.717, 1.165) is 29.0 Å². The quantitative estimate of drug-likeness (QED) is 0.0192. The molecule has 0 saturated heterocycles. The number of nitrogens with two attached hydrogens (primary N) is 3. The molecule has 1 aromatic carbocycles. The molecule has 9 atom stereocenters. The monoisotopic (exact) mass is 842 g/mol. The summed E-state index contributed by atoms with van der Waals surface area (Å²) in [5, 5.41) is 35.9. The third-order valence-electron chi connectivity index (χ3n) is 9.82. The molecular weight excluding hydrogens is 780 g/mol. The van der Waals surface area contributed by atoms with Gasteiger partial charge in [0.05, 0.1) is 17.9 Å². The van der Waals surface area contributed by atoms with E-state index in [1.165, 1.54) is 14.0 Å². The van der Waals surface area contributed by atoms with Crippen LogP contribution in [-0.4, -0.2) is 125 Å². The standard InChI is InChI=1S/C41H62N8O11/c1-8-31(37(54)48-34(40(58)59)26(5)36(53)47-30(39(56)57)15-12-20-45-41(43)44)49(6)38(55)29(18-19-33(50)51)46-35(52)25(4)28(42)17-16-23(2)21-24(3)32(60-7)22-27-13-10-9-11-14-27/h8-11,13-14,16-17,21,24-26,28-32,34H,1,12,15,18-20,22,42H2,2-7H3,(H,46,52)(H,47,53)(H,48,54)(H,50,51)(H,56,57)(H,58,59)(H4,43,44,45)/b17-16+,23-21+/t24-,25-,26-,28-,29+,30-,31?,32-,34+/m0/s1. The highest BCUT2D eigenvalue weighted by Gasteiger charge is 2.37. The second kappa shape index (κ2) is 26.1. The molecule has 19 nitrogen and oxygen atoms in total. The van der Waals surface area contributed by atoms with Crippen molar-refractivity contribution >= 4 is 47.5 Å². The first kappa shape index (κ1) is 51.9. The molecule has 0 aliphatic rings. The normalized spacial score (nSPS) is 16.0. The number of aliphatic carboxylic acids is 3. The first-order valence-electron chi connectivity index (χ1n) is 19.4. The number of amides is 4. The number of guanidine groups is 1. The lowest BCUT2D eigenvalue weighted by atomic mass is 9.95. The first-order valence-corrected chi connectivity index (χ1v) is 19.4. The summed E-state index contributed by atoms with van der Waals surface area (Å²) < 4.78 is 5.73. The van der Waals surface area contributed by atoms with Crippen molar-refractivity contribution in [1.82, 2.24) is 20.9 Å². The van der Waals surface area contributed by atoms with Crippen LogP contribution in [-0.2, 0) is 44.7 Å². The Hall–Kier alpha value is -6.08. The molecule has 0 spiro atoms. The van der Waals surface area contributed by atoms with E-state index in [2.05, 4.69) is 27.5 Å². The molecule has 1 unspecified atom stereocenters. The van der Waals surface area contributed by atoms with Gasteiger partial charge in [0, 0.05) is 39.1 Å². The topological polar surface area (TPSA) is 319 Å². The van der Waals surface area contributed by atoms with Gasteiger partial charge in [-0.15, -0.1) is 6.58 Å². The van der Waals surface area contributed by atoms with Crippen LogP contribution in [0.4, 0.5) is 0 Å². The van der Waals surface area contributed by atoms with Crippen LogP contribution in [0.2, 0.25) is 0 Å². The molecule has 0 aliphatic carbocycles. The summed E-state index contributed by atoms with van der Waals surface area (Å²) in [5.74, 6) is -10.6. The highest BCUT2D eigenvalue weighted by atomic mass is 16.5. The van der Waals surface area contributed by atoms with Gasteiger partial charge in [-0.3, -0.25) is 29.0 Å². The largest absolute Gasteiger partial charge is 0.481 e. The SMILES string of the molecule is C=CC(C(=O)N[C@@H](C(=O)O)[C@H](C)C(=O)N[C@@H](CCCN=C(N)N)C(=O)O)N(C)C(=O)[C@@H](CCC(=O)O)NC(=O)[C@@H](C)[C@@H](N)/C=C/C(C)=C/[C@H](C)[C@H](Cc1ccccc1)OC. The fourth-order valence-corrected chi connectivity index (χ4v) is 6.02. The Bertz CT molecular complexity index is 1730. The Morgan fingerprint density at radius 3 is 2.02 bits per heavy atom. The van der Waals surface area contributed by atoms with Crippen LogP contribution >= 0.6 is 0 Å². The van der Waals surface area contributed by atoms with Gasteiger partial charge in [0.15, 0.2) is 5.96 Å². The Morgan fingerprint density at radius 2 is 1.48 bits per heavy atom. The maximum absolute atomic E-state index is 13.8. The van der Waals surface area contributed by atoms with E-state index < -0.39 is 90.0 Å². The van der Waals surface area contributed by atoms with E-state index in [0.29, 0.717) is 6.42 Å². The summed E-state index contributed by atoms with van der Waals surface area (Å²) in [6, 6.07) is 2.77. The van der Waals surface area contributed by atoms with Gasteiger partial charge in [-0.2, -0.15) is 0 Å². The number of likely N-dealkylation sites (N-methyl/N-ethyl adjacent to an activating group) is 1. The molecule has 0 radical (unpaired) electrons. The van der Waals surface area contributed by atoms with Crippen LogP contribution in [0.3, 0.4) is 0 Å².